The van der Waals surface area contributed by atoms with Gasteiger partial charge in [-0.3, -0.25) is 9.59 Å². The lowest BCUT2D eigenvalue weighted by Crippen LogP contribution is -2.28. The molecule has 0 unspecified atom stereocenters. The Labute approximate surface area is 180 Å². The van der Waals surface area contributed by atoms with Crippen LogP contribution in [0, 0.1) is 0 Å². The van der Waals surface area contributed by atoms with E-state index >= 15 is 0 Å². The predicted octanol–water partition coefficient (Wildman–Crippen LogP) is 3.81. The van der Waals surface area contributed by atoms with E-state index in [-0.39, 0.29) is 30.3 Å². The summed E-state index contributed by atoms with van der Waals surface area (Å²) in [6.07, 6.45) is -3.18. The van der Waals surface area contributed by atoms with E-state index in [1.807, 2.05) is 0 Å². The fourth-order valence-electron chi connectivity index (χ4n) is 3.48. The van der Waals surface area contributed by atoms with Crippen molar-refractivity contribution in [3.05, 3.63) is 82.6 Å². The van der Waals surface area contributed by atoms with Crippen molar-refractivity contribution in [2.75, 3.05) is 6.61 Å². The number of halogens is 3. The van der Waals surface area contributed by atoms with E-state index in [1.165, 1.54) is 12.3 Å². The lowest BCUT2D eigenvalue weighted by molar-refractivity contribution is -0.154. The Kier molecular flexibility index (Phi) is 5.81. The van der Waals surface area contributed by atoms with E-state index in [4.69, 9.17) is 4.74 Å². The number of para-hydroxylation sites is 2. The fourth-order valence-corrected chi connectivity index (χ4v) is 3.48. The lowest BCUT2D eigenvalue weighted by Gasteiger charge is -2.16. The number of hydrogen-bond acceptors (Lipinski definition) is 4. The van der Waals surface area contributed by atoms with E-state index in [1.54, 1.807) is 59.2 Å². The molecule has 2 heterocycles. The highest BCUT2D eigenvalue weighted by Crippen LogP contribution is 2.21. The molecule has 32 heavy (non-hydrogen) atoms. The van der Waals surface area contributed by atoms with E-state index in [2.05, 4.69) is 10.3 Å². The van der Waals surface area contributed by atoms with Gasteiger partial charge in [0.15, 0.2) is 12.0 Å². The first-order valence-corrected chi connectivity index (χ1v) is 9.74. The number of alkyl halides is 3. The molecule has 2 aromatic heterocycles. The summed E-state index contributed by atoms with van der Waals surface area (Å²) in [7, 11) is 0. The molecule has 0 aliphatic rings. The van der Waals surface area contributed by atoms with Gasteiger partial charge in [-0.15, -0.1) is 0 Å². The monoisotopic (exact) mass is 441 g/mol. The Balaban J connectivity index is 1.57. The molecule has 0 aliphatic heterocycles. The number of nitrogens with zero attached hydrogens (tertiary/aromatic N) is 2. The van der Waals surface area contributed by atoms with Crippen molar-refractivity contribution < 1.29 is 22.7 Å². The Bertz CT molecular complexity index is 1290. The minimum atomic E-state index is -4.50. The fraction of sp³-hybridized carbons (Fsp3) is 0.174. The average molecular weight is 441 g/mol. The maximum absolute atomic E-state index is 12.8. The number of carbonyl (C=O) groups is 1. The van der Waals surface area contributed by atoms with E-state index in [0.29, 0.717) is 27.4 Å². The summed E-state index contributed by atoms with van der Waals surface area (Å²) < 4.78 is 43.9. The summed E-state index contributed by atoms with van der Waals surface area (Å²) >= 11 is 0. The predicted molar refractivity (Wildman–Crippen MR) is 113 cm³/mol. The largest absolute Gasteiger partial charge is 0.468 e. The highest BCUT2D eigenvalue weighted by molar-refractivity contribution is 5.94. The number of ether oxygens (including phenoxy) is 1. The number of nitrogens with one attached hydrogen (secondary N) is 1. The molecule has 0 saturated carbocycles. The first-order valence-electron chi connectivity index (χ1n) is 9.74. The topological polar surface area (TPSA) is 73.2 Å². The van der Waals surface area contributed by atoms with Crippen LogP contribution in [0.4, 0.5) is 13.2 Å². The smallest absolute Gasteiger partial charge is 0.422 e. The first kappa shape index (κ1) is 21.4. The van der Waals surface area contributed by atoms with Gasteiger partial charge in [0, 0.05) is 29.1 Å². The molecule has 0 aliphatic carbocycles. The summed E-state index contributed by atoms with van der Waals surface area (Å²) in [6, 6.07) is 17.1. The van der Waals surface area contributed by atoms with Gasteiger partial charge in [-0.25, -0.2) is 4.98 Å². The van der Waals surface area contributed by atoms with Gasteiger partial charge in [-0.2, -0.15) is 13.2 Å². The van der Waals surface area contributed by atoms with Gasteiger partial charge in [0.2, 0.25) is 11.8 Å². The van der Waals surface area contributed by atoms with E-state index < -0.39 is 12.8 Å². The molecule has 0 saturated heterocycles. The number of rotatable bonds is 6. The second-order valence-corrected chi connectivity index (χ2v) is 7.10. The average Bonchev–Trinajstić information content (AvgIpc) is 2.79. The molecular formula is C23H18F3N3O3. The van der Waals surface area contributed by atoms with Gasteiger partial charge in [-0.05, 0) is 30.3 Å². The maximum atomic E-state index is 12.8. The van der Waals surface area contributed by atoms with Crippen LogP contribution in [0.1, 0.15) is 5.56 Å². The number of hydrogen-bond donors (Lipinski definition) is 1. The molecule has 6 nitrogen and oxygen atoms in total. The van der Waals surface area contributed by atoms with Gasteiger partial charge in [0.1, 0.15) is 6.54 Å². The standard InChI is InChI=1S/C23H18F3N3O3/c24-23(25,26)14-32-22-15(6-5-11-27-22)12-28-20(30)13-29-18-9-3-1-7-16(18)21(31)17-8-2-4-10-19(17)29/h1-11H,12-14H2,(H,28,30). The van der Waals surface area contributed by atoms with E-state index in [9.17, 15) is 22.8 Å². The van der Waals surface area contributed by atoms with Crippen LogP contribution in [0.2, 0.25) is 0 Å². The van der Waals surface area contributed by atoms with Gasteiger partial charge < -0.3 is 14.6 Å². The van der Waals surface area contributed by atoms with Crippen LogP contribution >= 0.6 is 0 Å². The quantitative estimate of drug-likeness (QED) is 0.462. The van der Waals surface area contributed by atoms with Gasteiger partial charge in [0.05, 0.1) is 11.0 Å². The summed E-state index contributed by atoms with van der Waals surface area (Å²) in [5.74, 6) is -0.570. The molecular weight excluding hydrogens is 423 g/mol. The van der Waals surface area contributed by atoms with Crippen LogP contribution in [-0.2, 0) is 17.9 Å². The van der Waals surface area contributed by atoms with Crippen LogP contribution in [0.25, 0.3) is 21.8 Å². The molecule has 0 atom stereocenters. The molecule has 4 aromatic rings. The molecule has 9 heteroatoms. The number of fused-ring (bicyclic) bond motifs is 2. The summed E-state index contributed by atoms with van der Waals surface area (Å²) in [5.41, 5.74) is 1.43. The number of carbonyl (C=O) groups excluding carboxylic acids is 1. The third-order valence-electron chi connectivity index (χ3n) is 4.88. The summed E-state index contributed by atoms with van der Waals surface area (Å²) in [4.78, 5) is 29.3. The highest BCUT2D eigenvalue weighted by atomic mass is 19.4. The highest BCUT2D eigenvalue weighted by Gasteiger charge is 2.29. The van der Waals surface area contributed by atoms with Crippen molar-refractivity contribution in [1.82, 2.24) is 14.9 Å². The summed E-state index contributed by atoms with van der Waals surface area (Å²) in [6.45, 7) is -1.61. The molecule has 164 valence electrons. The Morgan fingerprint density at radius 1 is 0.969 bits per heavy atom. The number of benzene rings is 2. The molecule has 0 fully saturated rings. The van der Waals surface area contributed by atoms with E-state index in [0.717, 1.165) is 0 Å². The molecule has 2 aromatic carbocycles. The lowest BCUT2D eigenvalue weighted by atomic mass is 10.1. The van der Waals surface area contributed by atoms with Gasteiger partial charge in [0.25, 0.3) is 0 Å². The van der Waals surface area contributed by atoms with Crippen molar-refractivity contribution >= 4 is 27.7 Å². The van der Waals surface area contributed by atoms with Crippen LogP contribution in [-0.4, -0.2) is 28.2 Å². The van der Waals surface area contributed by atoms with Crippen molar-refractivity contribution in [2.24, 2.45) is 0 Å². The molecule has 1 N–H and O–H groups in total. The minimum Gasteiger partial charge on any atom is -0.468 e. The minimum absolute atomic E-state index is 0.0596. The second kappa shape index (κ2) is 8.70. The maximum Gasteiger partial charge on any atom is 0.422 e. The Hall–Kier alpha value is -3.88. The van der Waals surface area contributed by atoms with Gasteiger partial charge in [-0.1, -0.05) is 30.3 Å². The van der Waals surface area contributed by atoms with Gasteiger partial charge >= 0.3 is 6.18 Å². The van der Waals surface area contributed by atoms with Crippen LogP contribution in [0.5, 0.6) is 5.88 Å². The molecule has 0 radical (unpaired) electrons. The van der Waals surface area contributed by atoms with Crippen LogP contribution in [0.15, 0.2) is 71.7 Å². The van der Waals surface area contributed by atoms with Crippen molar-refractivity contribution in [1.29, 1.82) is 0 Å². The zero-order chi connectivity index (χ0) is 22.7. The Morgan fingerprint density at radius 2 is 1.59 bits per heavy atom. The third-order valence-corrected chi connectivity index (χ3v) is 4.88. The SMILES string of the molecule is O=C(Cn1c2ccccc2c(=O)c2ccccc21)NCc1cccnc1OCC(F)(F)F. The molecule has 0 spiro atoms. The Morgan fingerprint density at radius 3 is 2.22 bits per heavy atom. The zero-order valence-corrected chi connectivity index (χ0v) is 16.7. The number of pyridine rings is 2. The number of amides is 1. The van der Waals surface area contributed by atoms with Crippen molar-refractivity contribution in [3.8, 4) is 5.88 Å². The first-order chi connectivity index (χ1) is 15.3. The zero-order valence-electron chi connectivity index (χ0n) is 16.7. The molecule has 1 amide bonds. The normalized spacial score (nSPS) is 11.6. The summed E-state index contributed by atoms with van der Waals surface area (Å²) in [5, 5.41) is 3.68. The van der Waals surface area contributed by atoms with Crippen LogP contribution in [0.3, 0.4) is 0 Å². The molecule has 0 bridgehead atoms. The van der Waals surface area contributed by atoms with Crippen molar-refractivity contribution in [3.63, 3.8) is 0 Å². The number of aromatic nitrogens is 2. The molecule has 4 rings (SSSR count). The second-order valence-electron chi connectivity index (χ2n) is 7.10. The van der Waals surface area contributed by atoms with Crippen molar-refractivity contribution in [2.45, 2.75) is 19.3 Å². The van der Waals surface area contributed by atoms with Crippen LogP contribution < -0.4 is 15.5 Å². The third kappa shape index (κ3) is 4.56.